The number of nitrogens with one attached hydrogen (secondary N) is 2. The van der Waals surface area contributed by atoms with Crippen molar-refractivity contribution in [2.24, 2.45) is 0 Å². The van der Waals surface area contributed by atoms with Gasteiger partial charge in [0.05, 0.1) is 22.0 Å². The first-order valence-electron chi connectivity index (χ1n) is 8.33. The Labute approximate surface area is 156 Å². The van der Waals surface area contributed by atoms with Crippen LogP contribution in [0.15, 0.2) is 28.7 Å². The Morgan fingerprint density at radius 3 is 2.62 bits per heavy atom. The lowest BCUT2D eigenvalue weighted by Gasteiger charge is -2.29. The lowest BCUT2D eigenvalue weighted by atomic mass is 9.97. The number of hydrogen-bond donors (Lipinski definition) is 3. The van der Waals surface area contributed by atoms with Crippen molar-refractivity contribution in [3.63, 3.8) is 0 Å². The van der Waals surface area contributed by atoms with E-state index in [-0.39, 0.29) is 29.6 Å². The predicted octanol–water partition coefficient (Wildman–Crippen LogP) is 3.55. The molecule has 1 saturated carbocycles. The third-order valence-corrected chi connectivity index (χ3v) is 7.54. The number of allylic oxidation sites excluding steroid dienone is 1. The molecule has 2 aliphatic rings. The smallest absolute Gasteiger partial charge is 0.319 e. The van der Waals surface area contributed by atoms with Gasteiger partial charge >= 0.3 is 6.03 Å². The molecule has 0 spiro atoms. The lowest BCUT2D eigenvalue weighted by molar-refractivity contribution is 0.213. The van der Waals surface area contributed by atoms with E-state index in [1.165, 1.54) is 12.1 Å². The number of phenols is 1. The Bertz CT molecular complexity index is 866. The second-order valence-electron chi connectivity index (χ2n) is 6.68. The molecule has 1 aromatic rings. The van der Waals surface area contributed by atoms with Crippen molar-refractivity contribution in [1.82, 2.24) is 5.32 Å². The molecule has 0 unspecified atom stereocenters. The van der Waals surface area contributed by atoms with Crippen LogP contribution in [0.2, 0.25) is 5.02 Å². The van der Waals surface area contributed by atoms with Crippen LogP contribution in [-0.4, -0.2) is 37.0 Å². The summed E-state index contributed by atoms with van der Waals surface area (Å²) < 4.78 is 38.3. The minimum Gasteiger partial charge on any atom is -0.504 e. The van der Waals surface area contributed by atoms with Gasteiger partial charge in [-0.25, -0.2) is 17.6 Å². The number of sulfone groups is 1. The van der Waals surface area contributed by atoms with Crippen molar-refractivity contribution < 1.29 is 22.7 Å². The Hall–Kier alpha value is -1.80. The molecule has 0 aliphatic heterocycles. The largest absolute Gasteiger partial charge is 0.504 e. The molecule has 1 atom stereocenters. The molecule has 6 nitrogen and oxygen atoms in total. The first kappa shape index (κ1) is 19.0. The monoisotopic (exact) mass is 402 g/mol. The number of carbonyl (C=O) groups excluding carboxylic acids is 1. The minimum absolute atomic E-state index is 0.0683. The highest BCUT2D eigenvalue weighted by Crippen LogP contribution is 2.43. The van der Waals surface area contributed by atoms with Crippen LogP contribution in [0.5, 0.6) is 5.75 Å². The van der Waals surface area contributed by atoms with Crippen LogP contribution < -0.4 is 10.6 Å². The standard InChI is InChI=1S/C17H20ClFN2O4S/c1-9-3-2-4-13(9)20-17(23)21-14-6-5-12(18)16(15(14)22)26(24,25)11-7-10(19)8-11/h3,5-6,10-11,13,22H,2,4,7-8H2,1H3,(H2,20,21,23)/t10?,11?,13-/m1/s1. The summed E-state index contributed by atoms with van der Waals surface area (Å²) in [6.45, 7) is 1.92. The lowest BCUT2D eigenvalue weighted by Crippen LogP contribution is -2.38. The molecule has 1 aromatic carbocycles. The highest BCUT2D eigenvalue weighted by molar-refractivity contribution is 7.92. The van der Waals surface area contributed by atoms with E-state index >= 15 is 0 Å². The van der Waals surface area contributed by atoms with Crippen LogP contribution in [0.1, 0.15) is 32.6 Å². The van der Waals surface area contributed by atoms with Gasteiger partial charge in [0.1, 0.15) is 11.1 Å². The number of amides is 2. The second-order valence-corrected chi connectivity index (χ2v) is 9.26. The number of rotatable bonds is 4. The molecule has 1 fully saturated rings. The van der Waals surface area contributed by atoms with Gasteiger partial charge in [-0.1, -0.05) is 23.3 Å². The zero-order valence-electron chi connectivity index (χ0n) is 14.1. The van der Waals surface area contributed by atoms with Crippen molar-refractivity contribution in [2.75, 3.05) is 5.32 Å². The average Bonchev–Trinajstić information content (AvgIpc) is 2.92. The SMILES string of the molecule is CC1=CCC[C@H]1NC(=O)Nc1ccc(Cl)c(S(=O)(=O)C2CC(F)C2)c1O. The van der Waals surface area contributed by atoms with Gasteiger partial charge in [-0.2, -0.15) is 0 Å². The summed E-state index contributed by atoms with van der Waals surface area (Å²) in [5.74, 6) is -0.631. The average molecular weight is 403 g/mol. The third-order valence-electron chi connectivity index (χ3n) is 4.87. The Balaban J connectivity index is 1.81. The molecular formula is C17H20ClFN2O4S. The summed E-state index contributed by atoms with van der Waals surface area (Å²) >= 11 is 5.97. The molecular weight excluding hydrogens is 383 g/mol. The number of phenolic OH excluding ortho intramolecular Hbond substituents is 1. The van der Waals surface area contributed by atoms with Crippen LogP contribution in [0, 0.1) is 0 Å². The molecule has 0 radical (unpaired) electrons. The van der Waals surface area contributed by atoms with E-state index in [0.717, 1.165) is 18.4 Å². The summed E-state index contributed by atoms with van der Waals surface area (Å²) in [4.78, 5) is 11.7. The number of aromatic hydroxyl groups is 1. The molecule has 0 aromatic heterocycles. The van der Waals surface area contributed by atoms with Crippen molar-refractivity contribution >= 4 is 33.2 Å². The summed E-state index contributed by atoms with van der Waals surface area (Å²) in [7, 11) is -3.99. The molecule has 2 amide bonds. The first-order valence-corrected chi connectivity index (χ1v) is 10.3. The molecule has 26 heavy (non-hydrogen) atoms. The number of benzene rings is 1. The van der Waals surface area contributed by atoms with Crippen LogP contribution in [0.3, 0.4) is 0 Å². The van der Waals surface area contributed by atoms with E-state index < -0.39 is 37.9 Å². The van der Waals surface area contributed by atoms with Gasteiger partial charge in [0, 0.05) is 0 Å². The molecule has 9 heteroatoms. The van der Waals surface area contributed by atoms with Crippen molar-refractivity contribution in [1.29, 1.82) is 0 Å². The fraction of sp³-hybridized carbons (Fsp3) is 0.471. The highest BCUT2D eigenvalue weighted by Gasteiger charge is 2.42. The van der Waals surface area contributed by atoms with Crippen LogP contribution in [0.25, 0.3) is 0 Å². The minimum atomic E-state index is -3.99. The number of hydrogen-bond acceptors (Lipinski definition) is 4. The van der Waals surface area contributed by atoms with Gasteiger partial charge in [-0.05, 0) is 44.7 Å². The van der Waals surface area contributed by atoms with Gasteiger partial charge in [-0.3, -0.25) is 0 Å². The molecule has 3 N–H and O–H groups in total. The van der Waals surface area contributed by atoms with Gasteiger partial charge in [0.25, 0.3) is 0 Å². The zero-order valence-corrected chi connectivity index (χ0v) is 15.7. The zero-order chi connectivity index (χ0) is 19.1. The van der Waals surface area contributed by atoms with Crippen LogP contribution in [-0.2, 0) is 9.84 Å². The molecule has 142 valence electrons. The van der Waals surface area contributed by atoms with Gasteiger partial charge in [-0.15, -0.1) is 0 Å². The maximum atomic E-state index is 13.1. The third kappa shape index (κ3) is 3.53. The Morgan fingerprint density at radius 2 is 2.04 bits per heavy atom. The molecule has 0 bridgehead atoms. The van der Waals surface area contributed by atoms with Crippen LogP contribution >= 0.6 is 11.6 Å². The first-order chi connectivity index (χ1) is 12.2. The Morgan fingerprint density at radius 1 is 1.35 bits per heavy atom. The summed E-state index contributed by atoms with van der Waals surface area (Å²) in [6.07, 6.45) is 2.30. The molecule has 3 rings (SSSR count). The highest BCUT2D eigenvalue weighted by atomic mass is 35.5. The van der Waals surface area contributed by atoms with Crippen LogP contribution in [0.4, 0.5) is 14.9 Å². The maximum Gasteiger partial charge on any atom is 0.319 e. The van der Waals surface area contributed by atoms with E-state index in [9.17, 15) is 22.7 Å². The number of urea groups is 1. The summed E-state index contributed by atoms with van der Waals surface area (Å²) in [5.41, 5.74) is 0.982. The van der Waals surface area contributed by atoms with E-state index in [2.05, 4.69) is 10.6 Å². The predicted molar refractivity (Wildman–Crippen MR) is 97.2 cm³/mol. The number of anilines is 1. The summed E-state index contributed by atoms with van der Waals surface area (Å²) in [6, 6.07) is 1.96. The topological polar surface area (TPSA) is 95.5 Å². The molecule has 0 saturated heterocycles. The van der Waals surface area contributed by atoms with Crippen molar-refractivity contribution in [3.8, 4) is 5.75 Å². The maximum absolute atomic E-state index is 13.1. The van der Waals surface area contributed by atoms with Gasteiger partial charge < -0.3 is 15.7 Å². The summed E-state index contributed by atoms with van der Waals surface area (Å²) in [5, 5.41) is 14.5. The quantitative estimate of drug-likeness (QED) is 0.530. The fourth-order valence-electron chi connectivity index (χ4n) is 3.19. The normalized spacial score (nSPS) is 25.3. The van der Waals surface area contributed by atoms with Crippen molar-refractivity contribution in [2.45, 2.75) is 55.0 Å². The van der Waals surface area contributed by atoms with Gasteiger partial charge in [0.2, 0.25) is 0 Å². The van der Waals surface area contributed by atoms with Gasteiger partial charge in [0.15, 0.2) is 15.6 Å². The Kier molecular flexibility index (Phi) is 5.16. The number of halogens is 2. The van der Waals surface area contributed by atoms with E-state index in [1.807, 2.05) is 13.0 Å². The molecule has 2 aliphatic carbocycles. The molecule has 0 heterocycles. The van der Waals surface area contributed by atoms with E-state index in [4.69, 9.17) is 11.6 Å². The van der Waals surface area contributed by atoms with Crippen molar-refractivity contribution in [3.05, 3.63) is 28.8 Å². The number of carbonyl (C=O) groups is 1. The van der Waals surface area contributed by atoms with E-state index in [1.54, 1.807) is 0 Å². The second kappa shape index (κ2) is 7.08. The fourth-order valence-corrected chi connectivity index (χ4v) is 5.64. The van der Waals surface area contributed by atoms with E-state index in [0.29, 0.717) is 0 Å². The number of alkyl halides is 1.